The topological polar surface area (TPSA) is 65.6 Å². The van der Waals surface area contributed by atoms with Crippen LogP contribution in [0.1, 0.15) is 4.88 Å². The smallest absolute Gasteiger partial charge is 0.291 e. The molecule has 0 fully saturated rings. The van der Waals surface area contributed by atoms with Gasteiger partial charge in [0.05, 0.1) is 17.4 Å². The van der Waals surface area contributed by atoms with Crippen LogP contribution in [-0.4, -0.2) is 30.6 Å². The van der Waals surface area contributed by atoms with E-state index in [2.05, 4.69) is 31.0 Å². The molecule has 23 heavy (non-hydrogen) atoms. The van der Waals surface area contributed by atoms with Gasteiger partial charge in [-0.2, -0.15) is 5.10 Å². The quantitative estimate of drug-likeness (QED) is 0.469. The van der Waals surface area contributed by atoms with E-state index in [1.807, 2.05) is 17.9 Å². The van der Waals surface area contributed by atoms with E-state index in [1.54, 1.807) is 35.5 Å². The highest BCUT2D eigenvalue weighted by molar-refractivity contribution is 9.11. The molecule has 0 radical (unpaired) electrons. The molecule has 0 aliphatic carbocycles. The fourth-order valence-electron chi connectivity index (χ4n) is 2.47. The molecule has 0 N–H and O–H groups in total. The van der Waals surface area contributed by atoms with Crippen LogP contribution in [0.15, 0.2) is 25.4 Å². The molecule has 0 aromatic carbocycles. The van der Waals surface area contributed by atoms with Crippen molar-refractivity contribution in [1.29, 1.82) is 0 Å². The average molecular weight is 428 g/mol. The van der Waals surface area contributed by atoms with Crippen LogP contribution >= 0.6 is 50.4 Å². The summed E-state index contributed by atoms with van der Waals surface area (Å²) in [5.74, 6) is 0. The normalized spacial score (nSPS) is 11.8. The van der Waals surface area contributed by atoms with Crippen molar-refractivity contribution in [3.05, 3.63) is 31.5 Å². The van der Waals surface area contributed by atoms with Gasteiger partial charge in [0.1, 0.15) is 5.52 Å². The molecule has 4 aromatic rings. The summed E-state index contributed by atoms with van der Waals surface area (Å²) in [7, 11) is 1.88. The highest BCUT2D eigenvalue weighted by atomic mass is 79.9. The largest absolute Gasteiger partial charge is 0.323 e. The van der Waals surface area contributed by atoms with Gasteiger partial charge in [0.15, 0.2) is 13.9 Å². The standard InChI is InChI=1S/C13H10BrN5OS3/c1-18-8-7(9-10(18)17-13(21-2)23-9)4-16-19(11(8)20)5-6-3-15-12(14)22-6/h3-4H,5H2,1-2H3. The zero-order chi connectivity index (χ0) is 16.1. The number of rotatable bonds is 3. The van der Waals surface area contributed by atoms with Gasteiger partial charge in [-0.1, -0.05) is 11.8 Å². The maximum Gasteiger partial charge on any atom is 0.291 e. The molecule has 0 spiro atoms. The highest BCUT2D eigenvalue weighted by Crippen LogP contribution is 2.34. The summed E-state index contributed by atoms with van der Waals surface area (Å²) < 4.78 is 6.15. The fraction of sp³-hybridized carbons (Fsp3) is 0.231. The van der Waals surface area contributed by atoms with Gasteiger partial charge in [-0.05, 0) is 22.2 Å². The van der Waals surface area contributed by atoms with Crippen LogP contribution in [0.25, 0.3) is 21.3 Å². The Kier molecular flexibility index (Phi) is 3.79. The second-order valence-corrected chi connectivity index (χ2v) is 9.29. The maximum absolute atomic E-state index is 12.8. The van der Waals surface area contributed by atoms with Crippen molar-refractivity contribution in [2.24, 2.45) is 7.05 Å². The number of nitrogens with zero attached hydrogens (tertiary/aromatic N) is 5. The predicted molar refractivity (Wildman–Crippen MR) is 98.8 cm³/mol. The first kappa shape index (κ1) is 15.3. The summed E-state index contributed by atoms with van der Waals surface area (Å²) in [6.45, 7) is 0.417. The summed E-state index contributed by atoms with van der Waals surface area (Å²) >= 11 is 8.04. The lowest BCUT2D eigenvalue weighted by molar-refractivity contribution is 0.650. The summed E-state index contributed by atoms with van der Waals surface area (Å²) in [6, 6.07) is 0. The summed E-state index contributed by atoms with van der Waals surface area (Å²) in [4.78, 5) is 22.5. The van der Waals surface area contributed by atoms with Crippen LogP contribution in [0.4, 0.5) is 0 Å². The third-order valence-corrected chi connectivity index (χ3v) is 7.04. The molecule has 0 unspecified atom stereocenters. The minimum absolute atomic E-state index is 0.106. The molecule has 0 aliphatic rings. The van der Waals surface area contributed by atoms with Gasteiger partial charge in [0.2, 0.25) is 0 Å². The molecule has 0 saturated carbocycles. The van der Waals surface area contributed by atoms with Crippen molar-refractivity contribution in [3.63, 3.8) is 0 Å². The molecule has 0 amide bonds. The first-order valence-electron chi connectivity index (χ1n) is 6.57. The van der Waals surface area contributed by atoms with E-state index >= 15 is 0 Å². The first-order chi connectivity index (χ1) is 11.1. The predicted octanol–water partition coefficient (Wildman–Crippen LogP) is 3.33. The van der Waals surface area contributed by atoms with Crippen LogP contribution < -0.4 is 5.56 Å². The number of aryl methyl sites for hydroxylation is 1. The van der Waals surface area contributed by atoms with Crippen molar-refractivity contribution in [2.45, 2.75) is 10.9 Å². The number of hydrogen-bond acceptors (Lipinski definition) is 7. The van der Waals surface area contributed by atoms with Gasteiger partial charge in [-0.3, -0.25) is 4.79 Å². The molecule has 0 aliphatic heterocycles. The van der Waals surface area contributed by atoms with E-state index in [0.717, 1.165) is 28.9 Å². The Labute approximate surface area is 151 Å². The van der Waals surface area contributed by atoms with Gasteiger partial charge < -0.3 is 4.57 Å². The van der Waals surface area contributed by atoms with Gasteiger partial charge in [0, 0.05) is 23.5 Å². The van der Waals surface area contributed by atoms with Crippen LogP contribution in [-0.2, 0) is 13.6 Å². The lowest BCUT2D eigenvalue weighted by Crippen LogP contribution is -2.24. The molecule has 10 heteroatoms. The third kappa shape index (κ3) is 2.44. The Balaban J connectivity index is 1.91. The molecule has 4 rings (SSSR count). The molecule has 118 valence electrons. The second kappa shape index (κ2) is 5.69. The third-order valence-electron chi connectivity index (χ3n) is 3.51. The van der Waals surface area contributed by atoms with Crippen LogP contribution in [0.3, 0.4) is 0 Å². The van der Waals surface area contributed by atoms with Crippen LogP contribution in [0, 0.1) is 0 Å². The lowest BCUT2D eigenvalue weighted by Gasteiger charge is -2.03. The van der Waals surface area contributed by atoms with Crippen molar-refractivity contribution in [3.8, 4) is 0 Å². The fourth-order valence-corrected chi connectivity index (χ4v) is 5.42. The average Bonchev–Trinajstić information content (AvgIpc) is 3.19. The van der Waals surface area contributed by atoms with E-state index in [9.17, 15) is 4.79 Å². The Morgan fingerprint density at radius 2 is 2.17 bits per heavy atom. The first-order valence-corrected chi connectivity index (χ1v) is 10.2. The lowest BCUT2D eigenvalue weighted by atomic mass is 10.3. The Morgan fingerprint density at radius 3 is 2.87 bits per heavy atom. The van der Waals surface area contributed by atoms with Crippen LogP contribution in [0.5, 0.6) is 0 Å². The van der Waals surface area contributed by atoms with Crippen LogP contribution in [0.2, 0.25) is 0 Å². The molecule has 4 aromatic heterocycles. The zero-order valence-corrected chi connectivity index (χ0v) is 16.1. The van der Waals surface area contributed by atoms with Gasteiger partial charge in [0.25, 0.3) is 5.56 Å². The Bertz CT molecular complexity index is 1090. The highest BCUT2D eigenvalue weighted by Gasteiger charge is 2.18. The Hall–Kier alpha value is -1.23. The number of aromatic nitrogens is 5. The van der Waals surface area contributed by atoms with Crippen molar-refractivity contribution in [2.75, 3.05) is 6.26 Å². The van der Waals surface area contributed by atoms with E-state index in [1.165, 1.54) is 16.0 Å². The van der Waals surface area contributed by atoms with E-state index in [4.69, 9.17) is 0 Å². The molecule has 0 atom stereocenters. The minimum atomic E-state index is -0.106. The Morgan fingerprint density at radius 1 is 1.35 bits per heavy atom. The molecule has 6 nitrogen and oxygen atoms in total. The van der Waals surface area contributed by atoms with Crippen molar-refractivity contribution >= 4 is 71.6 Å². The number of halogens is 1. The summed E-state index contributed by atoms with van der Waals surface area (Å²) in [5.41, 5.74) is 1.38. The summed E-state index contributed by atoms with van der Waals surface area (Å²) in [6.07, 6.45) is 5.51. The number of thiazole rings is 2. The summed E-state index contributed by atoms with van der Waals surface area (Å²) in [5, 5.41) is 5.20. The zero-order valence-electron chi connectivity index (χ0n) is 12.1. The number of hydrogen-bond donors (Lipinski definition) is 0. The van der Waals surface area contributed by atoms with E-state index in [-0.39, 0.29) is 5.56 Å². The molecular weight excluding hydrogens is 418 g/mol. The monoisotopic (exact) mass is 427 g/mol. The van der Waals surface area contributed by atoms with Crippen molar-refractivity contribution in [1.82, 2.24) is 24.3 Å². The molecular formula is C13H10BrN5OS3. The van der Waals surface area contributed by atoms with E-state index in [0.29, 0.717) is 12.1 Å². The maximum atomic E-state index is 12.8. The molecule has 4 heterocycles. The SMILES string of the molecule is CSc1nc2c(s1)c1cnn(Cc3cnc(Br)s3)c(=O)c1n2C. The van der Waals surface area contributed by atoms with Gasteiger partial charge in [-0.25, -0.2) is 14.6 Å². The van der Waals surface area contributed by atoms with Crippen molar-refractivity contribution < 1.29 is 0 Å². The van der Waals surface area contributed by atoms with Gasteiger partial charge in [-0.15, -0.1) is 22.7 Å². The van der Waals surface area contributed by atoms with Gasteiger partial charge >= 0.3 is 0 Å². The number of thioether (sulfide) groups is 1. The minimum Gasteiger partial charge on any atom is -0.323 e. The second-order valence-electron chi connectivity index (χ2n) is 4.84. The van der Waals surface area contributed by atoms with E-state index < -0.39 is 0 Å². The molecule has 0 bridgehead atoms. The number of fused-ring (bicyclic) bond motifs is 3. The molecule has 0 saturated heterocycles.